The number of rotatable bonds is 2. The van der Waals surface area contributed by atoms with Crippen molar-refractivity contribution in [1.29, 1.82) is 0 Å². The normalized spacial score (nSPS) is 51.5. The van der Waals surface area contributed by atoms with Gasteiger partial charge in [-0.2, -0.15) is 0 Å². The van der Waals surface area contributed by atoms with Crippen molar-refractivity contribution in [2.75, 3.05) is 6.54 Å². The minimum Gasteiger partial charge on any atom is -0.350 e. The number of hydrogen-bond acceptors (Lipinski definition) is 2. The van der Waals surface area contributed by atoms with Crippen molar-refractivity contribution in [2.45, 2.75) is 63.5 Å². The molecular weight excluding hydrogens is 236 g/mol. The largest absolute Gasteiger partial charge is 0.350 e. The summed E-state index contributed by atoms with van der Waals surface area (Å²) in [5, 5.41) is 6.92. The molecule has 2 unspecified atom stereocenters. The molecule has 3 heteroatoms. The van der Waals surface area contributed by atoms with E-state index < -0.39 is 0 Å². The molecule has 1 heterocycles. The van der Waals surface area contributed by atoms with E-state index >= 15 is 0 Å². The van der Waals surface area contributed by atoms with E-state index in [1.807, 2.05) is 0 Å². The lowest BCUT2D eigenvalue weighted by molar-refractivity contribution is -0.130. The number of hydrogen-bond donors (Lipinski definition) is 2. The zero-order valence-electron chi connectivity index (χ0n) is 12.0. The first-order valence-electron chi connectivity index (χ1n) is 8.19. The van der Waals surface area contributed by atoms with Crippen molar-refractivity contribution in [3.63, 3.8) is 0 Å². The third kappa shape index (κ3) is 2.01. The van der Waals surface area contributed by atoms with Gasteiger partial charge in [-0.25, -0.2) is 0 Å². The molecule has 3 nitrogen and oxygen atoms in total. The Morgan fingerprint density at radius 1 is 1.11 bits per heavy atom. The second-order valence-electron chi connectivity index (χ2n) is 7.83. The molecule has 5 rings (SSSR count). The highest BCUT2D eigenvalue weighted by Crippen LogP contribution is 2.55. The van der Waals surface area contributed by atoms with Gasteiger partial charge in [0.2, 0.25) is 5.91 Å². The Kier molecular flexibility index (Phi) is 2.70. The van der Waals surface area contributed by atoms with Gasteiger partial charge in [0.15, 0.2) is 0 Å². The fraction of sp³-hybridized carbons (Fsp3) is 0.938. The Labute approximate surface area is 115 Å². The molecular formula is C16H26N2O. The van der Waals surface area contributed by atoms with Gasteiger partial charge in [-0.3, -0.25) is 4.79 Å². The highest BCUT2D eigenvalue weighted by Gasteiger charge is 2.52. The Bertz CT molecular complexity index is 357. The number of carbonyl (C=O) groups is 1. The van der Waals surface area contributed by atoms with Crippen LogP contribution < -0.4 is 10.6 Å². The van der Waals surface area contributed by atoms with Crippen LogP contribution in [0.5, 0.6) is 0 Å². The molecule has 0 spiro atoms. The van der Waals surface area contributed by atoms with Gasteiger partial charge in [0, 0.05) is 11.6 Å². The van der Waals surface area contributed by atoms with E-state index in [1.54, 1.807) is 0 Å². The molecule has 1 saturated heterocycles. The maximum Gasteiger partial charge on any atom is 0.225 e. The predicted octanol–water partition coefficient (Wildman–Crippen LogP) is 2.07. The summed E-state index contributed by atoms with van der Waals surface area (Å²) in [5.74, 6) is 3.26. The quantitative estimate of drug-likeness (QED) is 0.800. The SMILES string of the molecule is CC1NCCC1C(=O)NC12CC3CC(CC(C3)C1)C2. The summed E-state index contributed by atoms with van der Waals surface area (Å²) < 4.78 is 0. The van der Waals surface area contributed by atoms with Gasteiger partial charge < -0.3 is 10.6 Å². The van der Waals surface area contributed by atoms with Crippen LogP contribution in [0, 0.1) is 23.7 Å². The van der Waals surface area contributed by atoms with E-state index in [-0.39, 0.29) is 11.5 Å². The summed E-state index contributed by atoms with van der Waals surface area (Å²) in [5.41, 5.74) is 0.189. The van der Waals surface area contributed by atoms with Crippen LogP contribution in [0.3, 0.4) is 0 Å². The van der Waals surface area contributed by atoms with Gasteiger partial charge in [0.25, 0.3) is 0 Å². The van der Waals surface area contributed by atoms with Gasteiger partial charge in [0.05, 0.1) is 5.92 Å². The third-order valence-electron chi connectivity index (χ3n) is 6.29. The van der Waals surface area contributed by atoms with E-state index in [9.17, 15) is 4.79 Å². The summed E-state index contributed by atoms with van der Waals surface area (Å²) in [6, 6.07) is 0.355. The van der Waals surface area contributed by atoms with E-state index in [1.165, 1.54) is 38.5 Å². The lowest BCUT2D eigenvalue weighted by Crippen LogP contribution is -2.61. The van der Waals surface area contributed by atoms with Crippen molar-refractivity contribution in [1.82, 2.24) is 10.6 Å². The standard InChI is InChI=1S/C16H26N2O/c1-10-14(2-3-17-10)15(19)18-16-7-11-4-12(8-16)6-13(5-11)9-16/h10-14,17H,2-9H2,1H3,(H,18,19). The average molecular weight is 262 g/mol. The van der Waals surface area contributed by atoms with E-state index in [0.29, 0.717) is 11.9 Å². The van der Waals surface area contributed by atoms with Gasteiger partial charge in [0.1, 0.15) is 0 Å². The van der Waals surface area contributed by atoms with Crippen molar-refractivity contribution in [3.8, 4) is 0 Å². The molecule has 19 heavy (non-hydrogen) atoms. The van der Waals surface area contributed by atoms with Crippen LogP contribution in [-0.4, -0.2) is 24.0 Å². The molecule has 4 saturated carbocycles. The summed E-state index contributed by atoms with van der Waals surface area (Å²) in [4.78, 5) is 12.6. The molecule has 0 aromatic rings. The number of nitrogens with one attached hydrogen (secondary N) is 2. The van der Waals surface area contributed by atoms with Gasteiger partial charge in [-0.15, -0.1) is 0 Å². The van der Waals surface area contributed by atoms with E-state index in [2.05, 4.69) is 17.6 Å². The Balaban J connectivity index is 1.48. The van der Waals surface area contributed by atoms with Crippen molar-refractivity contribution in [3.05, 3.63) is 0 Å². The zero-order valence-corrected chi connectivity index (χ0v) is 12.0. The fourth-order valence-corrected chi connectivity index (χ4v) is 5.83. The Morgan fingerprint density at radius 2 is 1.68 bits per heavy atom. The summed E-state index contributed by atoms with van der Waals surface area (Å²) in [6.07, 6.45) is 9.13. The summed E-state index contributed by atoms with van der Waals surface area (Å²) in [6.45, 7) is 3.15. The van der Waals surface area contributed by atoms with E-state index in [4.69, 9.17) is 0 Å². The summed E-state index contributed by atoms with van der Waals surface area (Å²) in [7, 11) is 0. The van der Waals surface area contributed by atoms with Crippen LogP contribution in [0.1, 0.15) is 51.9 Å². The first kappa shape index (κ1) is 12.2. The smallest absolute Gasteiger partial charge is 0.225 e. The number of amides is 1. The van der Waals surface area contributed by atoms with Crippen molar-refractivity contribution < 1.29 is 4.79 Å². The molecule has 4 bridgehead atoms. The predicted molar refractivity (Wildman–Crippen MR) is 74.6 cm³/mol. The van der Waals surface area contributed by atoms with Gasteiger partial charge in [-0.1, -0.05) is 0 Å². The molecule has 2 N–H and O–H groups in total. The first-order valence-corrected chi connectivity index (χ1v) is 8.19. The molecule has 0 aromatic carbocycles. The molecule has 106 valence electrons. The van der Waals surface area contributed by atoms with Crippen LogP contribution in [0.15, 0.2) is 0 Å². The molecule has 4 aliphatic carbocycles. The molecule has 0 radical (unpaired) electrons. The van der Waals surface area contributed by atoms with Crippen molar-refractivity contribution in [2.24, 2.45) is 23.7 Å². The molecule has 5 aliphatic rings. The molecule has 2 atom stereocenters. The lowest BCUT2D eigenvalue weighted by Gasteiger charge is -2.57. The first-order chi connectivity index (χ1) is 9.13. The van der Waals surface area contributed by atoms with Crippen LogP contribution in [0.4, 0.5) is 0 Å². The van der Waals surface area contributed by atoms with Crippen LogP contribution in [-0.2, 0) is 4.79 Å². The summed E-state index contributed by atoms with van der Waals surface area (Å²) >= 11 is 0. The van der Waals surface area contributed by atoms with Crippen LogP contribution in [0.2, 0.25) is 0 Å². The Morgan fingerprint density at radius 3 is 2.16 bits per heavy atom. The van der Waals surface area contributed by atoms with Gasteiger partial charge in [-0.05, 0) is 76.2 Å². The van der Waals surface area contributed by atoms with Crippen LogP contribution >= 0.6 is 0 Å². The van der Waals surface area contributed by atoms with Gasteiger partial charge >= 0.3 is 0 Å². The topological polar surface area (TPSA) is 41.1 Å². The zero-order chi connectivity index (χ0) is 13.0. The molecule has 1 aliphatic heterocycles. The molecule has 5 fully saturated rings. The van der Waals surface area contributed by atoms with E-state index in [0.717, 1.165) is 30.7 Å². The minimum absolute atomic E-state index is 0.189. The average Bonchev–Trinajstić information content (AvgIpc) is 2.72. The second-order valence-corrected chi connectivity index (χ2v) is 7.83. The molecule has 0 aromatic heterocycles. The maximum atomic E-state index is 12.6. The third-order valence-corrected chi connectivity index (χ3v) is 6.29. The van der Waals surface area contributed by atoms with Crippen LogP contribution in [0.25, 0.3) is 0 Å². The highest BCUT2D eigenvalue weighted by atomic mass is 16.2. The molecule has 1 amide bonds. The maximum absolute atomic E-state index is 12.6. The second kappa shape index (κ2) is 4.21. The number of carbonyl (C=O) groups excluding carboxylic acids is 1. The lowest BCUT2D eigenvalue weighted by atomic mass is 9.53. The minimum atomic E-state index is 0.189. The monoisotopic (exact) mass is 262 g/mol. The fourth-order valence-electron chi connectivity index (χ4n) is 5.83. The highest BCUT2D eigenvalue weighted by molar-refractivity contribution is 5.80. The Hall–Kier alpha value is -0.570. The van der Waals surface area contributed by atoms with Crippen molar-refractivity contribution >= 4 is 5.91 Å².